The molecule has 0 radical (unpaired) electrons. The minimum atomic E-state index is -3.11. The summed E-state index contributed by atoms with van der Waals surface area (Å²) < 4.78 is 24.7. The van der Waals surface area contributed by atoms with Gasteiger partial charge in [-0.15, -0.1) is 22.7 Å². The smallest absolute Gasteiger partial charge is 0.208 e. The van der Waals surface area contributed by atoms with Crippen molar-refractivity contribution >= 4 is 37.8 Å². The van der Waals surface area contributed by atoms with Gasteiger partial charge in [-0.1, -0.05) is 6.92 Å². The molecule has 0 spiro atoms. The molecule has 1 fully saturated rings. The number of aromatic nitrogens is 1. The molecule has 0 bridgehead atoms. The van der Waals surface area contributed by atoms with Crippen molar-refractivity contribution in [3.63, 3.8) is 0 Å². The summed E-state index contributed by atoms with van der Waals surface area (Å²) in [4.78, 5) is 9.53. The van der Waals surface area contributed by atoms with E-state index in [1.807, 2.05) is 0 Å². The third kappa shape index (κ3) is 4.78. The molecule has 132 valence electrons. The zero-order chi connectivity index (χ0) is 17.2. The average Bonchev–Trinajstić information content (AvgIpc) is 3.14. The van der Waals surface area contributed by atoms with Gasteiger partial charge in [0.05, 0.1) is 16.8 Å². The first kappa shape index (κ1) is 17.8. The van der Waals surface area contributed by atoms with E-state index in [1.54, 1.807) is 22.7 Å². The molecular weight excluding hydrogens is 362 g/mol. The van der Waals surface area contributed by atoms with Crippen LogP contribution in [0.2, 0.25) is 0 Å². The van der Waals surface area contributed by atoms with Gasteiger partial charge in [0.25, 0.3) is 0 Å². The second-order valence-corrected chi connectivity index (χ2v) is 10.2. The summed E-state index contributed by atoms with van der Waals surface area (Å²) in [5.74, 6) is 0.738. The second kappa shape index (κ2) is 7.51. The monoisotopic (exact) mass is 385 g/mol. The van der Waals surface area contributed by atoms with Gasteiger partial charge in [0.2, 0.25) is 10.0 Å². The van der Waals surface area contributed by atoms with Crippen molar-refractivity contribution < 1.29 is 8.42 Å². The summed E-state index contributed by atoms with van der Waals surface area (Å²) >= 11 is 3.40. The Labute approximate surface area is 151 Å². The Morgan fingerprint density at radius 2 is 2.25 bits per heavy atom. The number of hydrogen-bond donors (Lipinski definition) is 1. The first-order valence-electron chi connectivity index (χ1n) is 8.15. The highest BCUT2D eigenvalue weighted by Crippen LogP contribution is 2.33. The number of anilines is 1. The summed E-state index contributed by atoms with van der Waals surface area (Å²) in [7, 11) is -3.11. The van der Waals surface area contributed by atoms with Gasteiger partial charge in [0.1, 0.15) is 0 Å². The van der Waals surface area contributed by atoms with Crippen molar-refractivity contribution in [3.8, 4) is 10.6 Å². The highest BCUT2D eigenvalue weighted by atomic mass is 32.2. The molecule has 1 aliphatic rings. The van der Waals surface area contributed by atoms with E-state index in [4.69, 9.17) is 4.98 Å². The van der Waals surface area contributed by atoms with Crippen molar-refractivity contribution in [2.24, 2.45) is 5.92 Å². The molecule has 8 heteroatoms. The molecule has 0 amide bonds. The lowest BCUT2D eigenvalue weighted by Gasteiger charge is -2.30. The lowest BCUT2D eigenvalue weighted by atomic mass is 10.0. The molecule has 1 unspecified atom stereocenters. The van der Waals surface area contributed by atoms with Crippen molar-refractivity contribution in [1.29, 1.82) is 0 Å². The fourth-order valence-electron chi connectivity index (χ4n) is 2.90. The fraction of sp³-hybridized carbons (Fsp3) is 0.562. The molecule has 1 N–H and O–H groups in total. The SMILES string of the molecule is CC1CCCN(c2nc(-c3ccc(CCNS(C)(=O)=O)s3)cs2)C1. The van der Waals surface area contributed by atoms with Crippen LogP contribution in [0, 0.1) is 5.92 Å². The largest absolute Gasteiger partial charge is 0.348 e. The van der Waals surface area contributed by atoms with E-state index in [0.29, 0.717) is 13.0 Å². The highest BCUT2D eigenvalue weighted by Gasteiger charge is 2.19. The maximum absolute atomic E-state index is 11.1. The van der Waals surface area contributed by atoms with Crippen LogP contribution in [0.4, 0.5) is 5.13 Å². The molecule has 3 rings (SSSR count). The maximum atomic E-state index is 11.1. The van der Waals surface area contributed by atoms with E-state index in [-0.39, 0.29) is 0 Å². The topological polar surface area (TPSA) is 62.3 Å². The second-order valence-electron chi connectivity index (χ2n) is 6.39. The molecule has 0 aromatic carbocycles. The van der Waals surface area contributed by atoms with Crippen molar-refractivity contribution in [3.05, 3.63) is 22.4 Å². The van der Waals surface area contributed by atoms with Crippen LogP contribution in [-0.4, -0.2) is 39.3 Å². The molecular formula is C16H23N3O2S3. The van der Waals surface area contributed by atoms with Crippen LogP contribution in [-0.2, 0) is 16.4 Å². The summed E-state index contributed by atoms with van der Waals surface area (Å²) in [6.45, 7) is 4.94. The summed E-state index contributed by atoms with van der Waals surface area (Å²) in [5.41, 5.74) is 1.03. The molecule has 1 saturated heterocycles. The van der Waals surface area contributed by atoms with E-state index < -0.39 is 10.0 Å². The number of hydrogen-bond acceptors (Lipinski definition) is 6. The number of nitrogens with one attached hydrogen (secondary N) is 1. The van der Waals surface area contributed by atoms with Gasteiger partial charge in [-0.2, -0.15) is 0 Å². The minimum Gasteiger partial charge on any atom is -0.348 e. The van der Waals surface area contributed by atoms with Gasteiger partial charge in [0, 0.05) is 29.9 Å². The standard InChI is InChI=1S/C16H23N3O2S3/c1-12-4-3-9-19(10-12)16-18-14(11-22-16)15-6-5-13(23-15)7-8-17-24(2,20)21/h5-6,11-12,17H,3-4,7-10H2,1-2H3. The Balaban J connectivity index is 1.63. The number of thiophene rings is 1. The average molecular weight is 386 g/mol. The zero-order valence-corrected chi connectivity index (χ0v) is 16.4. The van der Waals surface area contributed by atoms with Crippen LogP contribution in [0.25, 0.3) is 10.6 Å². The van der Waals surface area contributed by atoms with Gasteiger partial charge in [-0.3, -0.25) is 0 Å². The molecule has 0 aliphatic carbocycles. The predicted molar refractivity (Wildman–Crippen MR) is 103 cm³/mol. The Morgan fingerprint density at radius 1 is 1.42 bits per heavy atom. The van der Waals surface area contributed by atoms with E-state index in [1.165, 1.54) is 24.0 Å². The number of sulfonamides is 1. The minimum absolute atomic E-state index is 0.437. The number of thiazole rings is 1. The highest BCUT2D eigenvalue weighted by molar-refractivity contribution is 7.88. The van der Waals surface area contributed by atoms with Crippen LogP contribution in [0.5, 0.6) is 0 Å². The Kier molecular flexibility index (Phi) is 5.59. The van der Waals surface area contributed by atoms with Crippen molar-refractivity contribution in [2.75, 3.05) is 30.8 Å². The third-order valence-electron chi connectivity index (χ3n) is 4.07. The van der Waals surface area contributed by atoms with Gasteiger partial charge >= 0.3 is 0 Å². The van der Waals surface area contributed by atoms with Crippen molar-refractivity contribution in [1.82, 2.24) is 9.71 Å². The normalized spacial score (nSPS) is 18.9. The first-order chi connectivity index (χ1) is 11.4. The number of rotatable bonds is 6. The van der Waals surface area contributed by atoms with Crippen molar-refractivity contribution in [2.45, 2.75) is 26.2 Å². The Bertz CT molecular complexity index is 782. The Hall–Kier alpha value is -0.960. The molecule has 1 atom stereocenters. The zero-order valence-electron chi connectivity index (χ0n) is 14.0. The van der Waals surface area contributed by atoms with Gasteiger partial charge in [-0.25, -0.2) is 18.1 Å². The van der Waals surface area contributed by atoms with E-state index >= 15 is 0 Å². The number of nitrogens with zero attached hydrogens (tertiary/aromatic N) is 2. The van der Waals surface area contributed by atoms with Crippen LogP contribution < -0.4 is 9.62 Å². The summed E-state index contributed by atoms with van der Waals surface area (Å²) in [6, 6.07) is 4.14. The molecule has 1 aliphatic heterocycles. The fourth-order valence-corrected chi connectivity index (χ4v) is 5.27. The first-order valence-corrected chi connectivity index (χ1v) is 11.7. The predicted octanol–water partition coefficient (Wildman–Crippen LogP) is 3.20. The van der Waals surface area contributed by atoms with Gasteiger partial charge in [0.15, 0.2) is 5.13 Å². The molecule has 2 aromatic heterocycles. The van der Waals surface area contributed by atoms with E-state index in [0.717, 1.165) is 34.7 Å². The lowest BCUT2D eigenvalue weighted by Crippen LogP contribution is -2.34. The lowest BCUT2D eigenvalue weighted by molar-refractivity contribution is 0.446. The molecule has 24 heavy (non-hydrogen) atoms. The maximum Gasteiger partial charge on any atom is 0.208 e. The van der Waals surface area contributed by atoms with Crippen LogP contribution in [0.3, 0.4) is 0 Å². The summed E-state index contributed by atoms with van der Waals surface area (Å²) in [5, 5.41) is 3.24. The van der Waals surface area contributed by atoms with Gasteiger partial charge in [-0.05, 0) is 37.3 Å². The summed E-state index contributed by atoms with van der Waals surface area (Å²) in [6.07, 6.45) is 4.45. The quantitative estimate of drug-likeness (QED) is 0.829. The molecule has 3 heterocycles. The van der Waals surface area contributed by atoms with Crippen LogP contribution in [0.1, 0.15) is 24.6 Å². The van der Waals surface area contributed by atoms with E-state index in [2.05, 4.69) is 34.1 Å². The van der Waals surface area contributed by atoms with Gasteiger partial charge < -0.3 is 4.90 Å². The van der Waals surface area contributed by atoms with Crippen LogP contribution >= 0.6 is 22.7 Å². The Morgan fingerprint density at radius 3 is 3.00 bits per heavy atom. The third-order valence-corrected chi connectivity index (χ3v) is 6.87. The molecule has 5 nitrogen and oxygen atoms in total. The number of piperidine rings is 1. The molecule has 0 saturated carbocycles. The molecule has 2 aromatic rings. The van der Waals surface area contributed by atoms with E-state index in [9.17, 15) is 8.42 Å². The van der Waals surface area contributed by atoms with Crippen LogP contribution in [0.15, 0.2) is 17.5 Å².